The first kappa shape index (κ1) is 38.0. The summed E-state index contributed by atoms with van der Waals surface area (Å²) in [5.74, 6) is -8.37. The van der Waals surface area contributed by atoms with Crippen LogP contribution in [0, 0.1) is 0 Å². The van der Waals surface area contributed by atoms with Crippen molar-refractivity contribution < 1.29 is 84.0 Å². The Kier molecular flexibility index (Phi) is 9.76. The Morgan fingerprint density at radius 2 is 1.64 bits per heavy atom. The van der Waals surface area contributed by atoms with Gasteiger partial charge in [0.15, 0.2) is 29.1 Å². The van der Waals surface area contributed by atoms with E-state index in [-0.39, 0.29) is 46.4 Å². The maximum atomic E-state index is 13.6. The van der Waals surface area contributed by atoms with Gasteiger partial charge in [-0.1, -0.05) is 6.92 Å². The number of aliphatic carboxylic acids is 1. The lowest BCUT2D eigenvalue weighted by Crippen LogP contribution is -2.68. The van der Waals surface area contributed by atoms with E-state index in [1.165, 1.54) is 18.2 Å². The number of H-pyrrole nitrogens is 1. The van der Waals surface area contributed by atoms with Gasteiger partial charge in [0.2, 0.25) is 12.1 Å². The summed E-state index contributed by atoms with van der Waals surface area (Å²) in [7, 11) is 0. The summed E-state index contributed by atoms with van der Waals surface area (Å²) >= 11 is 0. The van der Waals surface area contributed by atoms with Gasteiger partial charge >= 0.3 is 11.9 Å². The molecule has 2 aromatic heterocycles. The van der Waals surface area contributed by atoms with E-state index in [0.717, 1.165) is 17.8 Å². The van der Waals surface area contributed by atoms with Gasteiger partial charge < -0.3 is 79.4 Å². The third-order valence-electron chi connectivity index (χ3n) is 10.3. The number of ether oxygens (including phenoxy) is 4. The molecule has 11 N–H and O–H groups in total. The number of carboxylic acid groups (broad SMARTS) is 1. The van der Waals surface area contributed by atoms with Gasteiger partial charge in [-0.2, -0.15) is 0 Å². The van der Waals surface area contributed by atoms with Crippen molar-refractivity contribution in [2.24, 2.45) is 0 Å². The molecule has 2 saturated heterocycles. The molecule has 3 aliphatic heterocycles. The van der Waals surface area contributed by atoms with E-state index in [4.69, 9.17) is 23.4 Å². The summed E-state index contributed by atoms with van der Waals surface area (Å²) in [6, 6.07) is 7.77. The van der Waals surface area contributed by atoms with Crippen molar-refractivity contribution in [2.75, 3.05) is 0 Å². The summed E-state index contributed by atoms with van der Waals surface area (Å²) in [6.45, 7) is 1.90. The van der Waals surface area contributed by atoms with Crippen LogP contribution in [0.4, 0.5) is 0 Å². The van der Waals surface area contributed by atoms with Gasteiger partial charge in [0.05, 0.1) is 0 Å². The standard InChI is InChI=1S/C36H37NO18/c1-2-14-7-13(11-37-14)15-5-6-36(32(47)28(45)27(44)31(55-36)34(50)53-35-29(46)25(42)26(43)30(52-35)33(48)49)54-21-10-20-23(24(41)22(15)21)18(40)9-19(51-20)12-3-4-16(38)17(39)8-12/h3-4,7-11,15,25-32,35,37-39,41-47H,2,5-6H2,1H3,(H,48,49)/t15-,25+,26+,27+,28+,29-,30+,31+,32-,35-,36+/m1/s1. The smallest absolute Gasteiger partial charge is 0.340 e. The van der Waals surface area contributed by atoms with Crippen molar-refractivity contribution in [1.82, 2.24) is 4.98 Å². The normalized spacial score (nSPS) is 32.1. The number of hydrogen-bond donors (Lipinski definition) is 11. The van der Waals surface area contributed by atoms with Crippen molar-refractivity contribution >= 4 is 22.9 Å². The minimum atomic E-state index is -2.41. The molecule has 0 unspecified atom stereocenters. The predicted octanol–water partition coefficient (Wildman–Crippen LogP) is -0.615. The SMILES string of the molecule is CCc1cc([C@H]2CC[C@]3(Oc4cc5oc(-c6ccc(O)c(O)c6)cc(=O)c5c(O)c42)O[C@H](C(=O)O[C@H]2O[C@H](C(=O)O)[C@@H](O)[C@H](O)[C@H]2O)[C@@H](O)[C@H](O)[C@H]3O)c[nH]1. The number of aliphatic hydroxyl groups is 6. The Morgan fingerprint density at radius 1 is 0.909 bits per heavy atom. The van der Waals surface area contributed by atoms with Crippen molar-refractivity contribution in [3.8, 4) is 34.3 Å². The van der Waals surface area contributed by atoms with Gasteiger partial charge in [0.1, 0.15) is 64.9 Å². The second kappa shape index (κ2) is 14.1. The summed E-state index contributed by atoms with van der Waals surface area (Å²) in [6.07, 6.45) is -17.6. The number of phenolic OH excluding ortho intramolecular Hbond substituents is 3. The lowest BCUT2D eigenvalue weighted by molar-refractivity contribution is -0.338. The van der Waals surface area contributed by atoms with Gasteiger partial charge in [-0.05, 0) is 42.7 Å². The number of aliphatic hydroxyl groups excluding tert-OH is 6. The van der Waals surface area contributed by atoms with Crippen molar-refractivity contribution in [3.05, 3.63) is 69.6 Å². The third-order valence-corrected chi connectivity index (χ3v) is 10.3. The van der Waals surface area contributed by atoms with E-state index >= 15 is 0 Å². The van der Waals surface area contributed by atoms with E-state index in [1.807, 2.05) is 6.92 Å². The van der Waals surface area contributed by atoms with Gasteiger partial charge in [0, 0.05) is 47.5 Å². The number of nitrogens with one attached hydrogen (secondary N) is 1. The van der Waals surface area contributed by atoms with Crippen LogP contribution in [0.5, 0.6) is 23.0 Å². The lowest BCUT2D eigenvalue weighted by Gasteiger charge is -2.47. The zero-order valence-electron chi connectivity index (χ0n) is 28.7. The number of carbonyl (C=O) groups excluding carboxylic acids is 1. The quantitative estimate of drug-likeness (QED) is 0.0860. The zero-order valence-corrected chi connectivity index (χ0v) is 28.7. The van der Waals surface area contributed by atoms with Gasteiger partial charge in [-0.25, -0.2) is 9.59 Å². The number of aromatic amines is 1. The minimum absolute atomic E-state index is 0.0369. The summed E-state index contributed by atoms with van der Waals surface area (Å²) in [5.41, 5.74) is 0.678. The molecule has 0 bridgehead atoms. The topological polar surface area (TPSA) is 319 Å². The fourth-order valence-corrected chi connectivity index (χ4v) is 7.25. The maximum Gasteiger partial charge on any atom is 0.340 e. The molecule has 0 aliphatic carbocycles. The molecular formula is C36H37NO18. The Bertz CT molecular complexity index is 2200. The van der Waals surface area contributed by atoms with Crippen LogP contribution < -0.4 is 10.2 Å². The van der Waals surface area contributed by atoms with E-state index < -0.39 is 101 Å². The van der Waals surface area contributed by atoms with E-state index in [1.54, 1.807) is 12.3 Å². The highest BCUT2D eigenvalue weighted by Gasteiger charge is 2.60. The molecule has 294 valence electrons. The molecule has 2 fully saturated rings. The van der Waals surface area contributed by atoms with E-state index in [2.05, 4.69) is 4.98 Å². The minimum Gasteiger partial charge on any atom is -0.507 e. The predicted molar refractivity (Wildman–Crippen MR) is 181 cm³/mol. The fraction of sp³-hybridized carbons (Fsp3) is 0.417. The number of hydrogen-bond acceptors (Lipinski definition) is 17. The molecule has 55 heavy (non-hydrogen) atoms. The molecule has 0 amide bonds. The number of phenols is 3. The maximum absolute atomic E-state index is 13.6. The molecule has 11 atom stereocenters. The molecule has 19 nitrogen and oxygen atoms in total. The summed E-state index contributed by atoms with van der Waals surface area (Å²) in [4.78, 5) is 41.8. The van der Waals surface area contributed by atoms with Crippen LogP contribution in [0.3, 0.4) is 0 Å². The molecule has 19 heteroatoms. The number of aryl methyl sites for hydroxylation is 1. The Balaban J connectivity index is 1.31. The van der Waals surface area contributed by atoms with E-state index in [0.29, 0.717) is 12.0 Å². The molecule has 1 spiro atoms. The lowest BCUT2D eigenvalue weighted by atomic mass is 9.84. The highest BCUT2D eigenvalue weighted by atomic mass is 16.8. The highest BCUT2D eigenvalue weighted by Crippen LogP contribution is 2.51. The number of esters is 1. The highest BCUT2D eigenvalue weighted by molar-refractivity contribution is 5.89. The number of aromatic hydroxyl groups is 3. The average molecular weight is 772 g/mol. The fourth-order valence-electron chi connectivity index (χ4n) is 7.25. The molecular weight excluding hydrogens is 734 g/mol. The largest absolute Gasteiger partial charge is 0.507 e. The van der Waals surface area contributed by atoms with Gasteiger partial charge in [-0.15, -0.1) is 0 Å². The van der Waals surface area contributed by atoms with Crippen molar-refractivity contribution in [1.29, 1.82) is 0 Å². The Hall–Kier alpha value is -5.25. The number of carboxylic acids is 1. The van der Waals surface area contributed by atoms with Crippen LogP contribution in [0.15, 0.2) is 51.8 Å². The number of fused-ring (bicyclic) bond motifs is 2. The monoisotopic (exact) mass is 771 g/mol. The second-order valence-electron chi connectivity index (χ2n) is 13.6. The number of aromatic nitrogens is 1. The van der Waals surface area contributed by atoms with Crippen LogP contribution in [0.25, 0.3) is 22.3 Å². The first-order valence-electron chi connectivity index (χ1n) is 17.1. The van der Waals surface area contributed by atoms with Crippen molar-refractivity contribution in [3.63, 3.8) is 0 Å². The third kappa shape index (κ3) is 6.43. The molecule has 4 aromatic rings. The summed E-state index contributed by atoms with van der Waals surface area (Å²) in [5, 5.41) is 105. The van der Waals surface area contributed by atoms with Crippen LogP contribution >= 0.6 is 0 Å². The molecule has 0 saturated carbocycles. The summed E-state index contributed by atoms with van der Waals surface area (Å²) < 4.78 is 28.3. The van der Waals surface area contributed by atoms with Crippen LogP contribution in [-0.2, 0) is 30.2 Å². The second-order valence-corrected chi connectivity index (χ2v) is 13.6. The van der Waals surface area contributed by atoms with Crippen LogP contribution in [-0.4, -0.2) is 129 Å². The number of rotatable bonds is 6. The molecule has 7 rings (SSSR count). The average Bonchev–Trinajstić information content (AvgIpc) is 3.56. The molecule has 5 heterocycles. The molecule has 3 aliphatic rings. The van der Waals surface area contributed by atoms with Gasteiger partial charge in [-0.3, -0.25) is 4.79 Å². The Morgan fingerprint density at radius 3 is 2.31 bits per heavy atom. The van der Waals surface area contributed by atoms with E-state index in [9.17, 15) is 65.4 Å². The Labute approximate surface area is 308 Å². The zero-order chi connectivity index (χ0) is 39.7. The van der Waals surface area contributed by atoms with Crippen LogP contribution in [0.2, 0.25) is 0 Å². The number of benzene rings is 2. The molecule has 2 aromatic carbocycles. The van der Waals surface area contributed by atoms with Gasteiger partial charge in [0.25, 0.3) is 0 Å². The van der Waals surface area contributed by atoms with Crippen LogP contribution in [0.1, 0.15) is 42.5 Å². The first-order valence-corrected chi connectivity index (χ1v) is 17.1. The first-order chi connectivity index (χ1) is 26.0. The van der Waals surface area contributed by atoms with Crippen molar-refractivity contribution in [2.45, 2.75) is 93.0 Å². The molecule has 0 radical (unpaired) electrons. The number of carbonyl (C=O) groups is 2.